The van der Waals surface area contributed by atoms with Gasteiger partial charge in [-0.15, -0.1) is 0 Å². The smallest absolute Gasteiger partial charge is 0.411 e. The minimum Gasteiger partial charge on any atom is -0.461 e. The lowest BCUT2D eigenvalue weighted by atomic mass is 10.2. The summed E-state index contributed by atoms with van der Waals surface area (Å²) < 4.78 is 10.6. The van der Waals surface area contributed by atoms with Gasteiger partial charge < -0.3 is 9.47 Å². The molecule has 1 heterocycles. The summed E-state index contributed by atoms with van der Waals surface area (Å²) in [4.78, 5) is 25.5. The van der Waals surface area contributed by atoms with Crippen LogP contribution < -0.4 is 0 Å². The molecular formula is C14H25NO4. The molecule has 0 radical (unpaired) electrons. The van der Waals surface area contributed by atoms with Gasteiger partial charge in [0.1, 0.15) is 11.6 Å². The molecule has 5 heteroatoms. The van der Waals surface area contributed by atoms with E-state index < -0.39 is 17.7 Å². The van der Waals surface area contributed by atoms with Gasteiger partial charge >= 0.3 is 12.1 Å². The number of rotatable bonds is 3. The Kier molecular flexibility index (Phi) is 5.20. The fourth-order valence-electron chi connectivity index (χ4n) is 1.91. The van der Waals surface area contributed by atoms with Crippen LogP contribution in [0.1, 0.15) is 53.9 Å². The van der Waals surface area contributed by atoms with Gasteiger partial charge in [-0.2, -0.15) is 0 Å². The summed E-state index contributed by atoms with van der Waals surface area (Å²) in [5.74, 6) is -0.322. The first kappa shape index (κ1) is 15.8. The van der Waals surface area contributed by atoms with Crippen LogP contribution in [0.4, 0.5) is 4.79 Å². The molecule has 0 aromatic rings. The van der Waals surface area contributed by atoms with Gasteiger partial charge in [-0.05, 0) is 47.0 Å². The highest BCUT2D eigenvalue weighted by molar-refractivity contribution is 5.82. The van der Waals surface area contributed by atoms with Crippen LogP contribution in [0.3, 0.4) is 0 Å². The second-order valence-corrected chi connectivity index (χ2v) is 5.99. The van der Waals surface area contributed by atoms with Gasteiger partial charge in [-0.1, -0.05) is 6.92 Å². The van der Waals surface area contributed by atoms with Crippen molar-refractivity contribution in [3.05, 3.63) is 0 Å². The van der Waals surface area contributed by atoms with E-state index in [1.165, 1.54) is 4.90 Å². The molecule has 2 atom stereocenters. The Hall–Kier alpha value is -1.26. The second-order valence-electron chi connectivity index (χ2n) is 5.99. The number of ether oxygens (including phenoxy) is 2. The third kappa shape index (κ3) is 4.73. The maximum atomic E-state index is 12.0. The summed E-state index contributed by atoms with van der Waals surface area (Å²) in [7, 11) is 0. The summed E-state index contributed by atoms with van der Waals surface area (Å²) >= 11 is 0. The van der Waals surface area contributed by atoms with Crippen molar-refractivity contribution < 1.29 is 19.1 Å². The Morgan fingerprint density at radius 3 is 2.53 bits per heavy atom. The molecule has 1 saturated heterocycles. The van der Waals surface area contributed by atoms with Crippen molar-refractivity contribution in [2.45, 2.75) is 71.6 Å². The summed E-state index contributed by atoms with van der Waals surface area (Å²) in [6, 6.07) is -0.496. The number of likely N-dealkylation sites (tertiary alicyclic amines) is 1. The lowest BCUT2D eigenvalue weighted by Gasteiger charge is -2.28. The van der Waals surface area contributed by atoms with Gasteiger partial charge in [0.2, 0.25) is 0 Å². The fraction of sp³-hybridized carbons (Fsp3) is 0.857. The van der Waals surface area contributed by atoms with Gasteiger partial charge in [-0.25, -0.2) is 9.59 Å². The maximum absolute atomic E-state index is 12.0. The number of amides is 1. The average Bonchev–Trinajstić information content (AvgIpc) is 2.75. The highest BCUT2D eigenvalue weighted by Crippen LogP contribution is 2.22. The van der Waals surface area contributed by atoms with E-state index in [9.17, 15) is 9.59 Å². The van der Waals surface area contributed by atoms with Crippen LogP contribution in [0.15, 0.2) is 0 Å². The number of esters is 1. The predicted octanol–water partition coefficient (Wildman–Crippen LogP) is 2.73. The van der Waals surface area contributed by atoms with Crippen LogP contribution in [0, 0.1) is 0 Å². The zero-order chi connectivity index (χ0) is 14.6. The van der Waals surface area contributed by atoms with E-state index >= 15 is 0 Å². The second kappa shape index (κ2) is 6.26. The zero-order valence-electron chi connectivity index (χ0n) is 12.6. The summed E-state index contributed by atoms with van der Waals surface area (Å²) in [6.45, 7) is 9.80. The molecule has 0 aliphatic carbocycles. The number of nitrogens with zero attached hydrogens (tertiary/aromatic N) is 1. The van der Waals surface area contributed by atoms with Crippen molar-refractivity contribution in [1.29, 1.82) is 0 Å². The van der Waals surface area contributed by atoms with Gasteiger partial charge in [0, 0.05) is 6.54 Å². The normalized spacial score (nSPS) is 21.1. The van der Waals surface area contributed by atoms with Gasteiger partial charge in [-0.3, -0.25) is 4.90 Å². The average molecular weight is 271 g/mol. The Labute approximate surface area is 115 Å². The standard InChI is InChI=1S/C14H25NO4/c1-6-10(2)18-12(16)11-8-7-9-15(11)13(17)19-14(3,4)5/h10-11H,6-9H2,1-5H3/t10?,11-/m0/s1. The van der Waals surface area contributed by atoms with Crippen LogP contribution in [0.25, 0.3) is 0 Å². The minimum absolute atomic E-state index is 0.117. The van der Waals surface area contributed by atoms with Crippen LogP contribution in [-0.2, 0) is 14.3 Å². The molecule has 1 amide bonds. The van der Waals surface area contributed by atoms with E-state index in [2.05, 4.69) is 0 Å². The van der Waals surface area contributed by atoms with Crippen molar-refractivity contribution >= 4 is 12.1 Å². The first-order valence-electron chi connectivity index (χ1n) is 6.94. The fourth-order valence-corrected chi connectivity index (χ4v) is 1.91. The highest BCUT2D eigenvalue weighted by atomic mass is 16.6. The molecule has 0 bridgehead atoms. The Balaban J connectivity index is 2.63. The van der Waals surface area contributed by atoms with E-state index in [1.54, 1.807) is 0 Å². The van der Waals surface area contributed by atoms with E-state index in [4.69, 9.17) is 9.47 Å². The third-order valence-corrected chi connectivity index (χ3v) is 3.05. The van der Waals surface area contributed by atoms with Gasteiger partial charge in [0.25, 0.3) is 0 Å². The molecule has 1 fully saturated rings. The minimum atomic E-state index is -0.551. The molecule has 0 aromatic carbocycles. The Bertz CT molecular complexity index is 335. The summed E-state index contributed by atoms with van der Waals surface area (Å²) in [5.41, 5.74) is -0.551. The molecular weight excluding hydrogens is 246 g/mol. The van der Waals surface area contributed by atoms with Crippen molar-refractivity contribution in [3.63, 3.8) is 0 Å². The number of hydrogen-bond donors (Lipinski definition) is 0. The first-order valence-corrected chi connectivity index (χ1v) is 6.94. The predicted molar refractivity (Wildman–Crippen MR) is 71.8 cm³/mol. The van der Waals surface area contributed by atoms with Crippen molar-refractivity contribution in [3.8, 4) is 0 Å². The topological polar surface area (TPSA) is 55.8 Å². The monoisotopic (exact) mass is 271 g/mol. The van der Waals surface area contributed by atoms with E-state index in [1.807, 2.05) is 34.6 Å². The molecule has 1 aliphatic heterocycles. The van der Waals surface area contributed by atoms with Crippen LogP contribution in [-0.4, -0.2) is 41.3 Å². The zero-order valence-corrected chi connectivity index (χ0v) is 12.6. The molecule has 0 N–H and O–H groups in total. The number of hydrogen-bond acceptors (Lipinski definition) is 4. The van der Waals surface area contributed by atoms with Gasteiger partial charge in [0.15, 0.2) is 0 Å². The molecule has 0 spiro atoms. The van der Waals surface area contributed by atoms with Crippen molar-refractivity contribution in [2.75, 3.05) is 6.54 Å². The Morgan fingerprint density at radius 1 is 1.37 bits per heavy atom. The first-order chi connectivity index (χ1) is 8.74. The highest BCUT2D eigenvalue weighted by Gasteiger charge is 2.37. The van der Waals surface area contributed by atoms with E-state index in [0.717, 1.165) is 12.8 Å². The number of carbonyl (C=O) groups excluding carboxylic acids is 2. The molecule has 1 aliphatic rings. The van der Waals surface area contributed by atoms with Crippen molar-refractivity contribution in [1.82, 2.24) is 4.90 Å². The quantitative estimate of drug-likeness (QED) is 0.741. The van der Waals surface area contributed by atoms with Crippen LogP contribution in [0.2, 0.25) is 0 Å². The summed E-state index contributed by atoms with van der Waals surface area (Å²) in [6.07, 6.45) is 1.67. The molecule has 5 nitrogen and oxygen atoms in total. The van der Waals surface area contributed by atoms with Gasteiger partial charge in [0.05, 0.1) is 6.10 Å². The largest absolute Gasteiger partial charge is 0.461 e. The molecule has 110 valence electrons. The van der Waals surface area contributed by atoms with Crippen LogP contribution >= 0.6 is 0 Å². The lowest BCUT2D eigenvalue weighted by molar-refractivity contribution is -0.153. The SMILES string of the molecule is CCC(C)OC(=O)[C@@H]1CCCN1C(=O)OC(C)(C)C. The maximum Gasteiger partial charge on any atom is 0.411 e. The Morgan fingerprint density at radius 2 is 2.00 bits per heavy atom. The third-order valence-electron chi connectivity index (χ3n) is 3.05. The molecule has 1 unspecified atom stereocenters. The molecule has 19 heavy (non-hydrogen) atoms. The number of carbonyl (C=O) groups is 2. The van der Waals surface area contributed by atoms with Crippen molar-refractivity contribution in [2.24, 2.45) is 0 Å². The molecule has 1 rings (SSSR count). The van der Waals surface area contributed by atoms with E-state index in [0.29, 0.717) is 13.0 Å². The molecule has 0 saturated carbocycles. The molecule has 0 aromatic heterocycles. The summed E-state index contributed by atoms with van der Waals surface area (Å²) in [5, 5.41) is 0. The van der Waals surface area contributed by atoms with Crippen LogP contribution in [0.5, 0.6) is 0 Å². The lowest BCUT2D eigenvalue weighted by Crippen LogP contribution is -2.44. The van der Waals surface area contributed by atoms with E-state index in [-0.39, 0.29) is 12.1 Å².